The number of guanidine groups is 1. The Morgan fingerprint density at radius 1 is 0.855 bits per heavy atom. The lowest BCUT2D eigenvalue weighted by Crippen LogP contribution is -2.57. The lowest BCUT2D eigenvalue weighted by Gasteiger charge is -2.29. The minimum absolute atomic E-state index is 0.0543. The molecule has 1 aliphatic rings. The topological polar surface area (TPSA) is 203 Å². The average molecular weight is 752 g/mol. The van der Waals surface area contributed by atoms with E-state index in [-0.39, 0.29) is 43.8 Å². The first-order valence-electron chi connectivity index (χ1n) is 18.8. The molecule has 1 aromatic heterocycles. The first kappa shape index (κ1) is 40.3. The number of aliphatic imine (C=N–C) groups is 1. The second-order valence-corrected chi connectivity index (χ2v) is 15.0. The van der Waals surface area contributed by atoms with Crippen LogP contribution in [0.4, 0.5) is 4.79 Å². The number of nitrogens with one attached hydrogen (secondary N) is 4. The molecule has 0 aliphatic heterocycles. The number of amides is 3. The zero-order valence-electron chi connectivity index (χ0n) is 32.2. The molecule has 0 bridgehead atoms. The predicted molar refractivity (Wildman–Crippen MR) is 213 cm³/mol. The molecule has 0 spiro atoms. The Labute approximate surface area is 322 Å². The number of rotatable bonds is 16. The highest BCUT2D eigenvalue weighted by Gasteiger charge is 2.35. The van der Waals surface area contributed by atoms with Gasteiger partial charge in [-0.15, -0.1) is 0 Å². The number of fused-ring (bicyclic) bond motifs is 4. The van der Waals surface area contributed by atoms with Crippen LogP contribution >= 0.6 is 0 Å². The number of alkyl carbamates (subject to hydrolysis) is 1. The van der Waals surface area contributed by atoms with Gasteiger partial charge < -0.3 is 41.9 Å². The number of esters is 1. The molecule has 0 fully saturated rings. The summed E-state index contributed by atoms with van der Waals surface area (Å²) < 4.78 is 11.5. The molecular formula is C42H53N7O6. The van der Waals surface area contributed by atoms with Crippen molar-refractivity contribution in [3.05, 3.63) is 95.7 Å². The smallest absolute Gasteiger partial charge is 0.407 e. The number of carbonyl (C=O) groups is 4. The van der Waals surface area contributed by atoms with Gasteiger partial charge in [0.1, 0.15) is 30.3 Å². The summed E-state index contributed by atoms with van der Waals surface area (Å²) >= 11 is 0. The monoisotopic (exact) mass is 751 g/mol. The zero-order chi connectivity index (χ0) is 39.7. The Morgan fingerprint density at radius 2 is 1.47 bits per heavy atom. The normalized spacial score (nSPS) is 14.4. The van der Waals surface area contributed by atoms with Crippen molar-refractivity contribution in [2.75, 3.05) is 13.2 Å². The van der Waals surface area contributed by atoms with Crippen LogP contribution < -0.4 is 27.4 Å². The molecular weight excluding hydrogens is 699 g/mol. The van der Waals surface area contributed by atoms with Crippen molar-refractivity contribution in [1.29, 1.82) is 0 Å². The molecule has 292 valence electrons. The van der Waals surface area contributed by atoms with Crippen molar-refractivity contribution >= 4 is 40.7 Å². The summed E-state index contributed by atoms with van der Waals surface area (Å²) in [6.07, 6.45) is 2.17. The van der Waals surface area contributed by atoms with E-state index in [1.807, 2.05) is 74.5 Å². The van der Waals surface area contributed by atoms with Crippen molar-refractivity contribution in [1.82, 2.24) is 20.9 Å². The van der Waals surface area contributed by atoms with Gasteiger partial charge in [-0.1, -0.05) is 87.0 Å². The van der Waals surface area contributed by atoms with Crippen LogP contribution in [0.3, 0.4) is 0 Å². The quantitative estimate of drug-likeness (QED) is 0.0396. The number of hydrogen-bond acceptors (Lipinski definition) is 7. The van der Waals surface area contributed by atoms with Crippen LogP contribution in [0, 0.1) is 5.92 Å². The van der Waals surface area contributed by atoms with Crippen LogP contribution in [0.2, 0.25) is 0 Å². The summed E-state index contributed by atoms with van der Waals surface area (Å²) in [7, 11) is 0. The molecule has 13 heteroatoms. The minimum atomic E-state index is -1.14. The van der Waals surface area contributed by atoms with Crippen LogP contribution in [0.25, 0.3) is 22.0 Å². The molecule has 8 N–H and O–H groups in total. The van der Waals surface area contributed by atoms with Crippen LogP contribution in [0.5, 0.6) is 0 Å². The summed E-state index contributed by atoms with van der Waals surface area (Å²) in [5, 5.41) is 9.35. The second kappa shape index (κ2) is 18.0. The summed E-state index contributed by atoms with van der Waals surface area (Å²) in [5.41, 5.74) is 16.2. The minimum Gasteiger partial charge on any atom is -0.458 e. The van der Waals surface area contributed by atoms with Gasteiger partial charge in [0.05, 0.1) is 0 Å². The molecule has 1 heterocycles. The molecule has 13 nitrogen and oxygen atoms in total. The van der Waals surface area contributed by atoms with E-state index < -0.39 is 47.6 Å². The SMILES string of the molecule is CC[C@H](C)[C@H](NC(=O)[C@H](CCCN=C(N)N)NC(=O)[C@H](Cc1c[nH]c2ccccc12)NC(=O)OCC1c2ccccc2-c2ccccc21)C(=O)OC(C)(C)C. The van der Waals surface area contributed by atoms with Crippen LogP contribution in [0.15, 0.2) is 84.0 Å². The number of hydrogen-bond donors (Lipinski definition) is 6. The molecule has 4 atom stereocenters. The fourth-order valence-electron chi connectivity index (χ4n) is 6.85. The standard InChI is InChI=1S/C42H53N7O6/c1-6-25(2)36(39(52)55-42(3,4)5)49-37(50)34(20-13-21-45-40(43)44)47-38(51)35(22-26-23-46-33-19-12-11-14-27(26)33)48-41(53)54-24-32-30-17-9-7-15-28(30)29-16-8-10-18-31(29)32/h7-12,14-19,23,25,32,34-36,46H,6,13,20-22,24H2,1-5H3,(H,47,51)(H,48,53)(H,49,50)(H4,43,44,45)/t25-,34-,35-,36-/m0/s1. The largest absolute Gasteiger partial charge is 0.458 e. The van der Waals surface area contributed by atoms with Crippen molar-refractivity contribution in [2.45, 2.75) is 89.9 Å². The Morgan fingerprint density at radius 3 is 2.11 bits per heavy atom. The number of ether oxygens (including phenoxy) is 2. The summed E-state index contributed by atoms with van der Waals surface area (Å²) in [5.74, 6) is -2.31. The molecule has 5 rings (SSSR count). The molecule has 55 heavy (non-hydrogen) atoms. The first-order chi connectivity index (χ1) is 26.3. The van der Waals surface area contributed by atoms with Gasteiger partial charge in [-0.05, 0) is 73.4 Å². The van der Waals surface area contributed by atoms with E-state index >= 15 is 0 Å². The van der Waals surface area contributed by atoms with Gasteiger partial charge in [0.15, 0.2) is 5.96 Å². The molecule has 0 saturated carbocycles. The molecule has 0 unspecified atom stereocenters. The van der Waals surface area contributed by atoms with E-state index in [2.05, 4.69) is 38.1 Å². The maximum atomic E-state index is 14.3. The number of benzene rings is 3. The van der Waals surface area contributed by atoms with Gasteiger partial charge in [-0.2, -0.15) is 0 Å². The van der Waals surface area contributed by atoms with E-state index in [1.54, 1.807) is 27.0 Å². The van der Waals surface area contributed by atoms with Crippen molar-refractivity contribution < 1.29 is 28.7 Å². The maximum absolute atomic E-state index is 14.3. The fourth-order valence-corrected chi connectivity index (χ4v) is 6.85. The molecule has 3 amide bonds. The van der Waals surface area contributed by atoms with E-state index in [4.69, 9.17) is 20.9 Å². The lowest BCUT2D eigenvalue weighted by molar-refractivity contribution is -0.160. The third-order valence-electron chi connectivity index (χ3n) is 9.80. The lowest BCUT2D eigenvalue weighted by atomic mass is 9.98. The van der Waals surface area contributed by atoms with Crippen LogP contribution in [-0.2, 0) is 30.3 Å². The summed E-state index contributed by atoms with van der Waals surface area (Å²) in [4.78, 5) is 62.3. The second-order valence-electron chi connectivity index (χ2n) is 15.0. The number of para-hydroxylation sites is 1. The number of nitrogens with zero attached hydrogens (tertiary/aromatic N) is 1. The van der Waals surface area contributed by atoms with Crippen LogP contribution in [-0.4, -0.2) is 71.7 Å². The highest BCUT2D eigenvalue weighted by molar-refractivity contribution is 5.94. The molecule has 0 radical (unpaired) electrons. The number of H-pyrrole nitrogens is 1. The number of nitrogens with two attached hydrogens (primary N) is 2. The predicted octanol–water partition coefficient (Wildman–Crippen LogP) is 5.03. The van der Waals surface area contributed by atoms with Gasteiger partial charge in [0.2, 0.25) is 11.8 Å². The highest BCUT2D eigenvalue weighted by Crippen LogP contribution is 2.44. The average Bonchev–Trinajstić information content (AvgIpc) is 3.71. The fraction of sp³-hybridized carbons (Fsp3) is 0.405. The molecule has 0 saturated heterocycles. The van der Waals surface area contributed by atoms with Gasteiger partial charge in [-0.25, -0.2) is 9.59 Å². The van der Waals surface area contributed by atoms with Gasteiger partial charge in [0.25, 0.3) is 0 Å². The molecule has 1 aliphatic carbocycles. The Hall–Kier alpha value is -5.85. The molecule has 3 aromatic carbocycles. The van der Waals surface area contributed by atoms with E-state index in [0.29, 0.717) is 12.8 Å². The van der Waals surface area contributed by atoms with Gasteiger partial charge in [-0.3, -0.25) is 14.6 Å². The summed E-state index contributed by atoms with van der Waals surface area (Å²) in [6.45, 7) is 9.28. The Balaban J connectivity index is 1.37. The third-order valence-corrected chi connectivity index (χ3v) is 9.80. The first-order valence-corrected chi connectivity index (χ1v) is 18.8. The Kier molecular flexibility index (Phi) is 13.2. The maximum Gasteiger partial charge on any atom is 0.407 e. The number of aromatic amines is 1. The third kappa shape index (κ3) is 10.4. The zero-order valence-corrected chi connectivity index (χ0v) is 32.2. The number of aromatic nitrogens is 1. The van der Waals surface area contributed by atoms with Crippen LogP contribution in [0.1, 0.15) is 76.5 Å². The Bertz CT molecular complexity index is 1970. The van der Waals surface area contributed by atoms with Crippen molar-refractivity contribution in [2.24, 2.45) is 22.4 Å². The van der Waals surface area contributed by atoms with Crippen molar-refractivity contribution in [3.63, 3.8) is 0 Å². The van der Waals surface area contributed by atoms with E-state index in [9.17, 15) is 19.2 Å². The highest BCUT2D eigenvalue weighted by atomic mass is 16.6. The van der Waals surface area contributed by atoms with E-state index in [1.165, 1.54) is 0 Å². The van der Waals surface area contributed by atoms with Gasteiger partial charge in [0, 0.05) is 36.0 Å². The van der Waals surface area contributed by atoms with Gasteiger partial charge >= 0.3 is 12.1 Å². The molecule has 4 aromatic rings. The summed E-state index contributed by atoms with van der Waals surface area (Å²) in [6, 6.07) is 20.5. The van der Waals surface area contributed by atoms with E-state index in [0.717, 1.165) is 38.7 Å². The van der Waals surface area contributed by atoms with Crippen molar-refractivity contribution in [3.8, 4) is 11.1 Å². The number of carbonyl (C=O) groups excluding carboxylic acids is 4.